The van der Waals surface area contributed by atoms with Crippen LogP contribution < -0.4 is 10.6 Å². The van der Waals surface area contributed by atoms with Crippen LogP contribution in [0.3, 0.4) is 0 Å². The first-order chi connectivity index (χ1) is 13.5. The summed E-state index contributed by atoms with van der Waals surface area (Å²) in [4.78, 5) is 39.6. The molecule has 2 heterocycles. The summed E-state index contributed by atoms with van der Waals surface area (Å²) in [6.07, 6.45) is 2.36. The number of benzene rings is 1. The third-order valence-electron chi connectivity index (χ3n) is 4.53. The van der Waals surface area contributed by atoms with Gasteiger partial charge in [0.05, 0.1) is 30.3 Å². The van der Waals surface area contributed by atoms with E-state index in [9.17, 15) is 14.4 Å². The van der Waals surface area contributed by atoms with Gasteiger partial charge in [0.2, 0.25) is 0 Å². The van der Waals surface area contributed by atoms with E-state index in [1.807, 2.05) is 31.2 Å². The van der Waals surface area contributed by atoms with Crippen molar-refractivity contribution < 1.29 is 23.9 Å². The number of hydrogen-bond donors (Lipinski definition) is 3. The number of aromatic amines is 1. The van der Waals surface area contributed by atoms with Crippen molar-refractivity contribution in [2.45, 2.75) is 32.7 Å². The molecule has 1 aliphatic heterocycles. The van der Waals surface area contributed by atoms with Crippen LogP contribution in [0.2, 0.25) is 0 Å². The molecule has 0 aliphatic carbocycles. The first kappa shape index (κ1) is 19.5. The van der Waals surface area contributed by atoms with Crippen molar-refractivity contribution in [1.29, 1.82) is 0 Å². The van der Waals surface area contributed by atoms with E-state index in [1.165, 1.54) is 0 Å². The summed E-state index contributed by atoms with van der Waals surface area (Å²) >= 11 is 0. The number of H-pyrrole nitrogens is 1. The monoisotopic (exact) mass is 385 g/mol. The quantitative estimate of drug-likeness (QED) is 0.633. The van der Waals surface area contributed by atoms with E-state index in [1.54, 1.807) is 13.1 Å². The van der Waals surface area contributed by atoms with Gasteiger partial charge >= 0.3 is 18.0 Å². The predicted octanol–water partition coefficient (Wildman–Crippen LogP) is 2.16. The van der Waals surface area contributed by atoms with Crippen molar-refractivity contribution in [3.8, 4) is 0 Å². The summed E-state index contributed by atoms with van der Waals surface area (Å²) in [6, 6.07) is 6.73. The van der Waals surface area contributed by atoms with Gasteiger partial charge < -0.3 is 25.1 Å². The SMILES string of the molecule is CCOC(=O)C1=C(COC(=O)Cc2c[nH]c3ccccc23)NC(=O)N[C@@H]1CC. The fraction of sp³-hybridized carbons (Fsp3) is 0.350. The van der Waals surface area contributed by atoms with Crippen molar-refractivity contribution >= 4 is 28.9 Å². The molecule has 8 heteroatoms. The molecule has 0 spiro atoms. The maximum Gasteiger partial charge on any atom is 0.338 e. The number of rotatable bonds is 7. The lowest BCUT2D eigenvalue weighted by molar-refractivity contribution is -0.143. The molecular weight excluding hydrogens is 362 g/mol. The zero-order chi connectivity index (χ0) is 20.1. The van der Waals surface area contributed by atoms with Crippen molar-refractivity contribution in [2.75, 3.05) is 13.2 Å². The topological polar surface area (TPSA) is 110 Å². The molecule has 0 radical (unpaired) electrons. The van der Waals surface area contributed by atoms with E-state index in [2.05, 4.69) is 15.6 Å². The molecule has 1 aliphatic rings. The number of ether oxygens (including phenoxy) is 2. The molecule has 148 valence electrons. The number of nitrogens with one attached hydrogen (secondary N) is 3. The number of urea groups is 1. The third kappa shape index (κ3) is 4.16. The minimum atomic E-state index is -0.537. The van der Waals surface area contributed by atoms with E-state index < -0.39 is 24.0 Å². The largest absolute Gasteiger partial charge is 0.463 e. The van der Waals surface area contributed by atoms with Crippen LogP contribution in [0.1, 0.15) is 25.8 Å². The number of carbonyl (C=O) groups is 3. The van der Waals surface area contributed by atoms with Gasteiger partial charge in [-0.05, 0) is 25.0 Å². The lowest BCUT2D eigenvalue weighted by Gasteiger charge is -2.28. The second-order valence-electron chi connectivity index (χ2n) is 6.37. The zero-order valence-electron chi connectivity index (χ0n) is 15.8. The number of amides is 2. The maximum atomic E-state index is 12.3. The normalized spacial score (nSPS) is 16.5. The summed E-state index contributed by atoms with van der Waals surface area (Å²) in [5, 5.41) is 6.19. The molecular formula is C20H23N3O5. The van der Waals surface area contributed by atoms with Crippen LogP contribution in [0.5, 0.6) is 0 Å². The third-order valence-corrected chi connectivity index (χ3v) is 4.53. The Kier molecular flexibility index (Phi) is 5.98. The highest BCUT2D eigenvalue weighted by atomic mass is 16.5. The molecule has 0 unspecified atom stereocenters. The van der Waals surface area contributed by atoms with Crippen molar-refractivity contribution in [1.82, 2.24) is 15.6 Å². The molecule has 3 rings (SSSR count). The average molecular weight is 385 g/mol. The standard InChI is InChI=1S/C20H23N3O5/c1-3-14-18(19(25)27-4-2)16(23-20(26)22-14)11-28-17(24)9-12-10-21-15-8-6-5-7-13(12)15/h5-8,10,14,21H,3-4,9,11H2,1-2H3,(H2,22,23,26)/t14-/m1/s1. The molecule has 0 saturated carbocycles. The molecule has 3 N–H and O–H groups in total. The molecule has 0 bridgehead atoms. The Morgan fingerprint density at radius 2 is 1.93 bits per heavy atom. The van der Waals surface area contributed by atoms with Gasteiger partial charge in [0, 0.05) is 17.1 Å². The Labute approximate surface area is 162 Å². The fourth-order valence-electron chi connectivity index (χ4n) is 3.21. The minimum absolute atomic E-state index is 0.0788. The first-order valence-electron chi connectivity index (χ1n) is 9.21. The number of carbonyl (C=O) groups excluding carboxylic acids is 3. The highest BCUT2D eigenvalue weighted by molar-refractivity contribution is 5.95. The van der Waals surface area contributed by atoms with Crippen LogP contribution in [0.4, 0.5) is 4.79 Å². The summed E-state index contributed by atoms with van der Waals surface area (Å²) in [5.74, 6) is -0.995. The Hall–Kier alpha value is -3.29. The van der Waals surface area contributed by atoms with E-state index in [4.69, 9.17) is 9.47 Å². The van der Waals surface area contributed by atoms with E-state index >= 15 is 0 Å². The smallest absolute Gasteiger partial charge is 0.338 e. The van der Waals surface area contributed by atoms with Gasteiger partial charge in [0.1, 0.15) is 6.61 Å². The van der Waals surface area contributed by atoms with Gasteiger partial charge in [-0.1, -0.05) is 25.1 Å². The molecule has 1 aromatic carbocycles. The first-order valence-corrected chi connectivity index (χ1v) is 9.21. The van der Waals surface area contributed by atoms with E-state index in [-0.39, 0.29) is 30.9 Å². The van der Waals surface area contributed by atoms with Crippen LogP contribution in [-0.2, 0) is 25.5 Å². The minimum Gasteiger partial charge on any atom is -0.463 e. The number of hydrogen-bond acceptors (Lipinski definition) is 5. The van der Waals surface area contributed by atoms with Crippen LogP contribution in [0.25, 0.3) is 10.9 Å². The molecule has 0 fully saturated rings. The number of fused-ring (bicyclic) bond motifs is 1. The van der Waals surface area contributed by atoms with Gasteiger partial charge in [0.25, 0.3) is 0 Å². The van der Waals surface area contributed by atoms with Gasteiger partial charge in [-0.25, -0.2) is 9.59 Å². The number of para-hydroxylation sites is 1. The predicted molar refractivity (Wildman–Crippen MR) is 102 cm³/mol. The van der Waals surface area contributed by atoms with Crippen LogP contribution in [-0.4, -0.2) is 42.2 Å². The zero-order valence-corrected chi connectivity index (χ0v) is 15.8. The van der Waals surface area contributed by atoms with Crippen LogP contribution in [0.15, 0.2) is 41.7 Å². The molecule has 2 aromatic rings. The second kappa shape index (κ2) is 8.60. The number of aromatic nitrogens is 1. The average Bonchev–Trinajstić information content (AvgIpc) is 3.08. The highest BCUT2D eigenvalue weighted by Crippen LogP contribution is 2.20. The summed E-state index contributed by atoms with van der Waals surface area (Å²) in [6.45, 7) is 3.55. The molecule has 1 aromatic heterocycles. The lowest BCUT2D eigenvalue weighted by atomic mass is 10.0. The fourth-order valence-corrected chi connectivity index (χ4v) is 3.21. The van der Waals surface area contributed by atoms with Crippen molar-refractivity contribution in [3.63, 3.8) is 0 Å². The molecule has 28 heavy (non-hydrogen) atoms. The number of esters is 2. The Bertz CT molecular complexity index is 931. The summed E-state index contributed by atoms with van der Waals surface area (Å²) in [5.41, 5.74) is 2.29. The highest BCUT2D eigenvalue weighted by Gasteiger charge is 2.32. The van der Waals surface area contributed by atoms with Crippen LogP contribution >= 0.6 is 0 Å². The Morgan fingerprint density at radius 3 is 2.68 bits per heavy atom. The Morgan fingerprint density at radius 1 is 1.14 bits per heavy atom. The summed E-state index contributed by atoms with van der Waals surface area (Å²) in [7, 11) is 0. The van der Waals surface area contributed by atoms with Gasteiger partial charge in [-0.15, -0.1) is 0 Å². The van der Waals surface area contributed by atoms with Gasteiger partial charge in [-0.2, -0.15) is 0 Å². The lowest BCUT2D eigenvalue weighted by Crippen LogP contribution is -2.51. The van der Waals surface area contributed by atoms with Gasteiger partial charge in [-0.3, -0.25) is 4.79 Å². The molecule has 0 saturated heterocycles. The Balaban J connectivity index is 1.73. The van der Waals surface area contributed by atoms with E-state index in [0.717, 1.165) is 16.5 Å². The maximum absolute atomic E-state index is 12.3. The van der Waals surface area contributed by atoms with Crippen molar-refractivity contribution in [3.05, 3.63) is 47.3 Å². The molecule has 1 atom stereocenters. The second-order valence-corrected chi connectivity index (χ2v) is 6.37. The summed E-state index contributed by atoms with van der Waals surface area (Å²) < 4.78 is 10.4. The molecule has 8 nitrogen and oxygen atoms in total. The van der Waals surface area contributed by atoms with E-state index in [0.29, 0.717) is 6.42 Å². The van der Waals surface area contributed by atoms with Crippen molar-refractivity contribution in [2.24, 2.45) is 0 Å². The molecule has 2 amide bonds. The van der Waals surface area contributed by atoms with Gasteiger partial charge in [0.15, 0.2) is 0 Å². The van der Waals surface area contributed by atoms with Crippen LogP contribution in [0, 0.1) is 0 Å².